The van der Waals surface area contributed by atoms with E-state index in [2.05, 4.69) is 20.3 Å². The highest BCUT2D eigenvalue weighted by molar-refractivity contribution is 5.99. The molecule has 1 atom stereocenters. The first kappa shape index (κ1) is 24.9. The van der Waals surface area contributed by atoms with E-state index in [0.29, 0.717) is 30.2 Å². The maximum atomic E-state index is 13.2. The highest BCUT2D eigenvalue weighted by Gasteiger charge is 2.26. The van der Waals surface area contributed by atoms with E-state index in [4.69, 9.17) is 9.15 Å². The topological polar surface area (TPSA) is 110 Å². The van der Waals surface area contributed by atoms with Gasteiger partial charge in [0, 0.05) is 19.7 Å². The smallest absolute Gasteiger partial charge is 0.255 e. The van der Waals surface area contributed by atoms with E-state index in [9.17, 15) is 9.59 Å². The van der Waals surface area contributed by atoms with E-state index in [0.717, 1.165) is 17.9 Å². The predicted molar refractivity (Wildman–Crippen MR) is 126 cm³/mol. The Balaban J connectivity index is 1.70. The number of benzene rings is 1. The van der Waals surface area contributed by atoms with Crippen LogP contribution in [0.25, 0.3) is 0 Å². The Morgan fingerprint density at radius 2 is 1.97 bits per heavy atom. The van der Waals surface area contributed by atoms with Gasteiger partial charge in [0.15, 0.2) is 6.61 Å². The molecule has 9 heteroatoms. The first-order valence-corrected chi connectivity index (χ1v) is 11.3. The Morgan fingerprint density at radius 3 is 2.65 bits per heavy atom. The number of carbonyl (C=O) groups excluding carboxylic acids is 2. The summed E-state index contributed by atoms with van der Waals surface area (Å²) in [5.74, 6) is 1.22. The number of carbonyl (C=O) groups is 2. The number of aryl methyl sites for hydroxylation is 1. The zero-order valence-corrected chi connectivity index (χ0v) is 20.0. The number of amides is 2. The Labute approximate surface area is 199 Å². The van der Waals surface area contributed by atoms with Crippen LogP contribution in [0.1, 0.15) is 54.9 Å². The van der Waals surface area contributed by atoms with Gasteiger partial charge in [-0.15, -0.1) is 0 Å². The van der Waals surface area contributed by atoms with Crippen molar-refractivity contribution < 1.29 is 18.7 Å². The first-order valence-electron chi connectivity index (χ1n) is 11.3. The molecular weight excluding hydrogens is 434 g/mol. The van der Waals surface area contributed by atoms with Crippen LogP contribution in [0.4, 0.5) is 0 Å². The van der Waals surface area contributed by atoms with Crippen LogP contribution in [0.5, 0.6) is 5.75 Å². The second-order valence-electron chi connectivity index (χ2n) is 8.41. The summed E-state index contributed by atoms with van der Waals surface area (Å²) in [5.41, 5.74) is 1.06. The van der Waals surface area contributed by atoms with Crippen molar-refractivity contribution in [1.82, 2.24) is 25.2 Å². The lowest BCUT2D eigenvalue weighted by molar-refractivity contribution is -0.132. The van der Waals surface area contributed by atoms with Gasteiger partial charge in [0.05, 0.1) is 24.0 Å². The highest BCUT2D eigenvalue weighted by Crippen LogP contribution is 2.20. The number of ether oxygens (including phenoxy) is 1. The Kier molecular flexibility index (Phi) is 8.73. The van der Waals surface area contributed by atoms with Crippen LogP contribution in [0.15, 0.2) is 53.5 Å². The zero-order valence-electron chi connectivity index (χ0n) is 20.0. The molecule has 3 rings (SSSR count). The second-order valence-corrected chi connectivity index (χ2v) is 8.41. The van der Waals surface area contributed by atoms with Crippen molar-refractivity contribution in [2.75, 3.05) is 7.05 Å². The van der Waals surface area contributed by atoms with Gasteiger partial charge in [-0.1, -0.05) is 32.9 Å². The Bertz CT molecular complexity index is 1080. The van der Waals surface area contributed by atoms with Crippen molar-refractivity contribution in [3.05, 3.63) is 72.0 Å². The van der Waals surface area contributed by atoms with Crippen LogP contribution >= 0.6 is 0 Å². The lowest BCUT2D eigenvalue weighted by atomic mass is 10.0. The summed E-state index contributed by atoms with van der Waals surface area (Å²) in [6, 6.07) is 7.98. The Hall–Kier alpha value is -3.75. The molecule has 2 heterocycles. The van der Waals surface area contributed by atoms with Crippen LogP contribution in [0.3, 0.4) is 0 Å². The monoisotopic (exact) mass is 465 g/mol. The SMILES string of the molecule is CCc1cnc(COc2ccccc2C(=O)N[C@H](CC(C)C)C(=O)N(C)Cc2ccncn2)o1. The van der Waals surface area contributed by atoms with Gasteiger partial charge < -0.3 is 19.4 Å². The van der Waals surface area contributed by atoms with Crippen molar-refractivity contribution >= 4 is 11.8 Å². The molecule has 0 unspecified atom stereocenters. The molecule has 0 aliphatic carbocycles. The molecule has 0 aliphatic rings. The van der Waals surface area contributed by atoms with Gasteiger partial charge in [-0.3, -0.25) is 9.59 Å². The average Bonchev–Trinajstić information content (AvgIpc) is 3.30. The van der Waals surface area contributed by atoms with E-state index in [1.807, 2.05) is 20.8 Å². The van der Waals surface area contributed by atoms with Crippen LogP contribution in [-0.2, 0) is 24.4 Å². The minimum atomic E-state index is -0.689. The molecule has 0 aliphatic heterocycles. The number of para-hydroxylation sites is 1. The quantitative estimate of drug-likeness (QED) is 0.462. The largest absolute Gasteiger partial charge is 0.483 e. The summed E-state index contributed by atoms with van der Waals surface area (Å²) in [6.45, 7) is 6.41. The molecular formula is C25H31N5O4. The van der Waals surface area contributed by atoms with E-state index in [-0.39, 0.29) is 24.3 Å². The van der Waals surface area contributed by atoms with E-state index in [1.165, 1.54) is 6.33 Å². The highest BCUT2D eigenvalue weighted by atomic mass is 16.5. The second kappa shape index (κ2) is 11.9. The number of rotatable bonds is 11. The molecule has 0 spiro atoms. The van der Waals surface area contributed by atoms with Crippen molar-refractivity contribution in [2.45, 2.75) is 52.8 Å². The molecule has 0 radical (unpaired) electrons. The number of hydrogen-bond acceptors (Lipinski definition) is 7. The molecule has 0 bridgehead atoms. The van der Waals surface area contributed by atoms with Crippen LogP contribution < -0.4 is 10.1 Å². The fraction of sp³-hybridized carbons (Fsp3) is 0.400. The molecule has 180 valence electrons. The van der Waals surface area contributed by atoms with E-state index >= 15 is 0 Å². The number of hydrogen-bond donors (Lipinski definition) is 1. The van der Waals surface area contributed by atoms with E-state index in [1.54, 1.807) is 54.7 Å². The molecule has 2 aromatic heterocycles. The number of aromatic nitrogens is 3. The third kappa shape index (κ3) is 6.87. The van der Waals surface area contributed by atoms with Crippen molar-refractivity contribution in [2.24, 2.45) is 5.92 Å². The van der Waals surface area contributed by atoms with Crippen molar-refractivity contribution in [1.29, 1.82) is 0 Å². The standard InChI is InChI=1S/C25H31N5O4/c1-5-19-13-27-23(34-19)15-33-22-9-7-6-8-20(22)24(31)29-21(12-17(2)3)25(32)30(4)14-18-10-11-26-16-28-18/h6-11,13,16-17,21H,5,12,14-15H2,1-4H3,(H,29,31)/t21-/m1/s1. The summed E-state index contributed by atoms with van der Waals surface area (Å²) in [6.07, 6.45) is 5.98. The van der Waals surface area contributed by atoms with Crippen molar-refractivity contribution in [3.8, 4) is 5.75 Å². The van der Waals surface area contributed by atoms with Gasteiger partial charge in [-0.05, 0) is 30.5 Å². The lowest BCUT2D eigenvalue weighted by Crippen LogP contribution is -2.47. The normalized spacial score (nSPS) is 11.8. The molecule has 1 aromatic carbocycles. The zero-order chi connectivity index (χ0) is 24.5. The molecule has 3 aromatic rings. The minimum absolute atomic E-state index is 0.0975. The summed E-state index contributed by atoms with van der Waals surface area (Å²) in [5, 5.41) is 2.90. The molecule has 2 amide bonds. The van der Waals surface area contributed by atoms with Crippen LogP contribution in [0, 0.1) is 5.92 Å². The summed E-state index contributed by atoms with van der Waals surface area (Å²) in [4.78, 5) is 40.2. The fourth-order valence-corrected chi connectivity index (χ4v) is 3.43. The molecule has 34 heavy (non-hydrogen) atoms. The van der Waals surface area contributed by atoms with Crippen molar-refractivity contribution in [3.63, 3.8) is 0 Å². The van der Waals surface area contributed by atoms with Gasteiger partial charge in [0.25, 0.3) is 5.91 Å². The first-order chi connectivity index (χ1) is 16.4. The lowest BCUT2D eigenvalue weighted by Gasteiger charge is -2.26. The number of nitrogens with zero attached hydrogens (tertiary/aromatic N) is 4. The van der Waals surface area contributed by atoms with Gasteiger partial charge in [0.1, 0.15) is 23.9 Å². The summed E-state index contributed by atoms with van der Waals surface area (Å²) in [7, 11) is 1.70. The molecule has 0 saturated heterocycles. The third-order valence-corrected chi connectivity index (χ3v) is 5.16. The van der Waals surface area contributed by atoms with Gasteiger partial charge >= 0.3 is 0 Å². The van der Waals surface area contributed by atoms with Gasteiger partial charge in [-0.2, -0.15) is 0 Å². The minimum Gasteiger partial charge on any atom is -0.483 e. The summed E-state index contributed by atoms with van der Waals surface area (Å²) >= 11 is 0. The van der Waals surface area contributed by atoms with E-state index < -0.39 is 6.04 Å². The van der Waals surface area contributed by atoms with Crippen LogP contribution in [-0.4, -0.2) is 44.8 Å². The average molecular weight is 466 g/mol. The molecule has 0 fully saturated rings. The number of nitrogens with one attached hydrogen (secondary N) is 1. The fourth-order valence-electron chi connectivity index (χ4n) is 3.43. The molecule has 1 N–H and O–H groups in total. The summed E-state index contributed by atoms with van der Waals surface area (Å²) < 4.78 is 11.4. The van der Waals surface area contributed by atoms with Gasteiger partial charge in [0.2, 0.25) is 11.8 Å². The third-order valence-electron chi connectivity index (χ3n) is 5.16. The van der Waals surface area contributed by atoms with Crippen LogP contribution in [0.2, 0.25) is 0 Å². The maximum Gasteiger partial charge on any atom is 0.255 e. The molecule has 9 nitrogen and oxygen atoms in total. The maximum absolute atomic E-state index is 13.2. The number of oxazole rings is 1. The van der Waals surface area contributed by atoms with Gasteiger partial charge in [-0.25, -0.2) is 15.0 Å². The number of likely N-dealkylation sites (N-methyl/N-ethyl adjacent to an activating group) is 1. The Morgan fingerprint density at radius 1 is 1.18 bits per heavy atom. The molecule has 0 saturated carbocycles. The predicted octanol–water partition coefficient (Wildman–Crippen LogP) is 3.41.